The first kappa shape index (κ1) is 17.1. The van der Waals surface area contributed by atoms with Crippen LogP contribution >= 0.6 is 0 Å². The van der Waals surface area contributed by atoms with Gasteiger partial charge in [0.25, 0.3) is 0 Å². The number of nitrogens with two attached hydrogens (primary N) is 1. The highest BCUT2D eigenvalue weighted by atomic mass is 32.2. The molecule has 0 saturated heterocycles. The summed E-state index contributed by atoms with van der Waals surface area (Å²) in [7, 11) is -4.14. The van der Waals surface area contributed by atoms with Crippen molar-refractivity contribution in [1.29, 1.82) is 0 Å². The minimum Gasteiger partial charge on any atom is -0.494 e. The first-order valence-electron chi connectivity index (χ1n) is 6.35. The monoisotopic (exact) mass is 319 g/mol. The summed E-state index contributed by atoms with van der Waals surface area (Å²) in [6.07, 6.45) is 1.79. The molecule has 0 aliphatic carbocycles. The van der Waals surface area contributed by atoms with E-state index in [9.17, 15) is 12.6 Å². The highest BCUT2D eigenvalue weighted by Gasteiger charge is 2.06. The molecule has 0 bridgehead atoms. The van der Waals surface area contributed by atoms with Gasteiger partial charge in [-0.15, -0.1) is 0 Å². The van der Waals surface area contributed by atoms with Crippen molar-refractivity contribution >= 4 is 20.6 Å². The molecule has 0 aliphatic rings. The van der Waals surface area contributed by atoms with Crippen molar-refractivity contribution in [1.82, 2.24) is 0 Å². The maximum absolute atomic E-state index is 11.6. The van der Waals surface area contributed by atoms with Crippen LogP contribution in [0.3, 0.4) is 0 Å². The second-order valence-electron chi connectivity index (χ2n) is 4.53. The molecule has 0 heterocycles. The quantitative estimate of drug-likeness (QED) is 0.677. The van der Waals surface area contributed by atoms with Crippen molar-refractivity contribution in [2.45, 2.75) is 13.0 Å². The molecular formula is C13H21NO4S2. The Labute approximate surface area is 122 Å². The van der Waals surface area contributed by atoms with Crippen molar-refractivity contribution in [2.75, 3.05) is 30.1 Å². The van der Waals surface area contributed by atoms with E-state index in [2.05, 4.69) is 0 Å². The zero-order valence-electron chi connectivity index (χ0n) is 11.6. The molecule has 114 valence electrons. The number of ether oxygens (including phenoxy) is 1. The topological polar surface area (TPSA) is 86.5 Å². The van der Waals surface area contributed by atoms with Crippen LogP contribution in [-0.2, 0) is 27.2 Å². The zero-order chi connectivity index (χ0) is 15.0. The highest BCUT2D eigenvalue weighted by molar-refractivity contribution is 7.92. The maximum Gasteiger partial charge on any atom is 0.148 e. The van der Waals surface area contributed by atoms with Gasteiger partial charge in [-0.3, -0.25) is 4.21 Å². The van der Waals surface area contributed by atoms with E-state index in [1.165, 1.54) is 0 Å². The molecule has 1 unspecified atom stereocenters. The van der Waals surface area contributed by atoms with Crippen LogP contribution in [-0.4, -0.2) is 42.7 Å². The molecule has 1 rings (SSSR count). The Morgan fingerprint density at radius 1 is 1.20 bits per heavy atom. The lowest BCUT2D eigenvalue weighted by Gasteiger charge is -2.06. The molecule has 7 heteroatoms. The largest absolute Gasteiger partial charge is 0.494 e. The second-order valence-corrected chi connectivity index (χ2v) is 8.48. The molecule has 20 heavy (non-hydrogen) atoms. The van der Waals surface area contributed by atoms with E-state index in [4.69, 9.17) is 10.5 Å². The van der Waals surface area contributed by atoms with E-state index in [1.807, 2.05) is 24.3 Å². The number of hydrogen-bond donors (Lipinski definition) is 1. The first-order chi connectivity index (χ1) is 9.40. The predicted molar refractivity (Wildman–Crippen MR) is 82.0 cm³/mol. The normalized spacial score (nSPS) is 13.1. The van der Waals surface area contributed by atoms with Crippen molar-refractivity contribution in [2.24, 2.45) is 5.73 Å². The average molecular weight is 319 g/mol. The van der Waals surface area contributed by atoms with Crippen LogP contribution in [0, 0.1) is 0 Å². The van der Waals surface area contributed by atoms with E-state index in [0.717, 1.165) is 17.6 Å². The standard InChI is InChI=1S/C13H21NO4S2/c1-20(16,17)10-9-19(15)8-2-7-18-13-5-3-12(11-14)4-6-13/h3-6H,2,7-11,14H2,1H3. The van der Waals surface area contributed by atoms with Crippen LogP contribution in [0.2, 0.25) is 0 Å². The molecule has 1 aromatic rings. The van der Waals surface area contributed by atoms with E-state index in [0.29, 0.717) is 25.3 Å². The van der Waals surface area contributed by atoms with Gasteiger partial charge in [0.1, 0.15) is 15.6 Å². The lowest BCUT2D eigenvalue weighted by molar-refractivity contribution is 0.318. The minimum atomic E-state index is -3.03. The molecule has 0 aromatic heterocycles. The number of sulfone groups is 1. The van der Waals surface area contributed by atoms with Crippen LogP contribution in [0.15, 0.2) is 24.3 Å². The number of rotatable bonds is 9. The van der Waals surface area contributed by atoms with Gasteiger partial charge in [0.15, 0.2) is 0 Å². The Hall–Kier alpha value is -0.920. The van der Waals surface area contributed by atoms with Crippen LogP contribution in [0.1, 0.15) is 12.0 Å². The van der Waals surface area contributed by atoms with E-state index >= 15 is 0 Å². The van der Waals surface area contributed by atoms with Crippen LogP contribution in [0.5, 0.6) is 5.75 Å². The van der Waals surface area contributed by atoms with Gasteiger partial charge in [0, 0.05) is 35.1 Å². The fourth-order valence-corrected chi connectivity index (χ4v) is 4.08. The molecule has 2 N–H and O–H groups in total. The summed E-state index contributed by atoms with van der Waals surface area (Å²) < 4.78 is 38.9. The summed E-state index contributed by atoms with van der Waals surface area (Å²) in [5, 5.41) is 0. The van der Waals surface area contributed by atoms with Gasteiger partial charge in [0.05, 0.1) is 12.4 Å². The fourth-order valence-electron chi connectivity index (χ4n) is 1.48. The Morgan fingerprint density at radius 2 is 1.85 bits per heavy atom. The van der Waals surface area contributed by atoms with Gasteiger partial charge >= 0.3 is 0 Å². The summed E-state index contributed by atoms with van der Waals surface area (Å²) in [4.78, 5) is 0. The van der Waals surface area contributed by atoms with Crippen molar-refractivity contribution in [3.8, 4) is 5.75 Å². The summed E-state index contributed by atoms with van der Waals surface area (Å²) in [5.41, 5.74) is 6.54. The van der Waals surface area contributed by atoms with Crippen LogP contribution < -0.4 is 10.5 Å². The summed E-state index contributed by atoms with van der Waals surface area (Å²) in [6.45, 7) is 0.964. The Balaban J connectivity index is 2.19. The number of benzene rings is 1. The van der Waals surface area contributed by atoms with Gasteiger partial charge in [-0.1, -0.05) is 12.1 Å². The van der Waals surface area contributed by atoms with Gasteiger partial charge in [-0.2, -0.15) is 0 Å². The Kier molecular flexibility index (Phi) is 7.18. The molecule has 0 aliphatic heterocycles. The summed E-state index contributed by atoms with van der Waals surface area (Å²) in [6, 6.07) is 7.50. The lowest BCUT2D eigenvalue weighted by Crippen LogP contribution is -2.14. The lowest BCUT2D eigenvalue weighted by atomic mass is 10.2. The van der Waals surface area contributed by atoms with Crippen LogP contribution in [0.25, 0.3) is 0 Å². The second kappa shape index (κ2) is 8.39. The maximum atomic E-state index is 11.6. The van der Waals surface area contributed by atoms with E-state index in [1.54, 1.807) is 0 Å². The smallest absolute Gasteiger partial charge is 0.148 e. The van der Waals surface area contributed by atoms with Crippen molar-refractivity contribution < 1.29 is 17.4 Å². The van der Waals surface area contributed by atoms with Crippen molar-refractivity contribution in [3.63, 3.8) is 0 Å². The van der Waals surface area contributed by atoms with Gasteiger partial charge < -0.3 is 10.5 Å². The third kappa shape index (κ3) is 7.62. The Bertz CT molecular complexity index is 526. The molecule has 0 fully saturated rings. The zero-order valence-corrected chi connectivity index (χ0v) is 13.2. The highest BCUT2D eigenvalue weighted by Crippen LogP contribution is 2.12. The molecule has 0 amide bonds. The molecule has 0 radical (unpaired) electrons. The Morgan fingerprint density at radius 3 is 2.40 bits per heavy atom. The third-order valence-corrected chi connectivity index (χ3v) is 5.23. The molecular weight excluding hydrogens is 298 g/mol. The minimum absolute atomic E-state index is 0.0268. The SMILES string of the molecule is CS(=O)(=O)CCS(=O)CCCOc1ccc(CN)cc1. The molecule has 1 atom stereocenters. The average Bonchev–Trinajstić information content (AvgIpc) is 2.41. The molecule has 0 saturated carbocycles. The van der Waals surface area contributed by atoms with Gasteiger partial charge in [-0.25, -0.2) is 8.42 Å². The first-order valence-corrected chi connectivity index (χ1v) is 9.90. The summed E-state index contributed by atoms with van der Waals surface area (Å²) >= 11 is 0. The predicted octanol–water partition coefficient (Wildman–Crippen LogP) is 0.707. The molecule has 5 nitrogen and oxygen atoms in total. The fraction of sp³-hybridized carbons (Fsp3) is 0.538. The van der Waals surface area contributed by atoms with E-state index < -0.39 is 20.6 Å². The van der Waals surface area contributed by atoms with Crippen molar-refractivity contribution in [3.05, 3.63) is 29.8 Å². The third-order valence-electron chi connectivity index (χ3n) is 2.63. The van der Waals surface area contributed by atoms with E-state index in [-0.39, 0.29) is 11.5 Å². The van der Waals surface area contributed by atoms with Gasteiger partial charge in [0.2, 0.25) is 0 Å². The van der Waals surface area contributed by atoms with Crippen LogP contribution in [0.4, 0.5) is 0 Å². The summed E-state index contributed by atoms with van der Waals surface area (Å²) in [5.74, 6) is 1.38. The van der Waals surface area contributed by atoms with Gasteiger partial charge in [-0.05, 0) is 24.1 Å². The number of hydrogen-bond acceptors (Lipinski definition) is 5. The molecule has 1 aromatic carbocycles. The molecule has 0 spiro atoms.